The fourth-order valence-electron chi connectivity index (χ4n) is 2.03. The lowest BCUT2D eigenvalue weighted by Gasteiger charge is -2.05. The fraction of sp³-hybridized carbons (Fsp3) is 0.467. The molecular formula is C15H21N3O3. The van der Waals surface area contributed by atoms with Gasteiger partial charge in [0.2, 0.25) is 5.89 Å². The van der Waals surface area contributed by atoms with E-state index in [0.717, 1.165) is 24.2 Å². The first-order valence-electron chi connectivity index (χ1n) is 6.93. The molecular weight excluding hydrogens is 270 g/mol. The molecule has 0 aliphatic rings. The maximum absolute atomic E-state index is 6.02. The average Bonchev–Trinajstić information content (AvgIpc) is 2.96. The van der Waals surface area contributed by atoms with Crippen molar-refractivity contribution in [1.82, 2.24) is 10.1 Å². The van der Waals surface area contributed by atoms with Crippen LogP contribution in [0.25, 0.3) is 0 Å². The molecule has 2 aromatic rings. The van der Waals surface area contributed by atoms with Crippen LogP contribution in [0.1, 0.15) is 36.2 Å². The average molecular weight is 291 g/mol. The van der Waals surface area contributed by atoms with Crippen molar-refractivity contribution in [2.24, 2.45) is 5.73 Å². The van der Waals surface area contributed by atoms with Gasteiger partial charge in [-0.2, -0.15) is 4.98 Å². The molecule has 2 rings (SSSR count). The maximum atomic E-state index is 6.02. The summed E-state index contributed by atoms with van der Waals surface area (Å²) in [5.41, 5.74) is 7.08. The van der Waals surface area contributed by atoms with E-state index >= 15 is 0 Å². The van der Waals surface area contributed by atoms with Crippen LogP contribution in [0.4, 0.5) is 0 Å². The second-order valence-electron chi connectivity index (χ2n) is 4.82. The zero-order valence-electron chi connectivity index (χ0n) is 12.4. The second kappa shape index (κ2) is 7.75. The van der Waals surface area contributed by atoms with Gasteiger partial charge in [0, 0.05) is 20.1 Å². The standard InChI is InChI=1S/C15H21N3O3/c1-19-8-4-7-13(16)15-17-14(18-21-15)10-11-5-3-6-12(9-11)20-2/h3,5-6,9,13H,4,7-8,10,16H2,1-2H3. The van der Waals surface area contributed by atoms with Gasteiger partial charge in [-0.25, -0.2) is 0 Å². The topological polar surface area (TPSA) is 83.4 Å². The molecule has 1 unspecified atom stereocenters. The first-order valence-corrected chi connectivity index (χ1v) is 6.93. The van der Waals surface area contributed by atoms with Crippen LogP contribution in [-0.2, 0) is 11.2 Å². The molecule has 0 spiro atoms. The number of hydrogen-bond donors (Lipinski definition) is 1. The predicted octanol–water partition coefficient (Wildman–Crippen LogP) is 2.10. The number of hydrogen-bond acceptors (Lipinski definition) is 6. The Labute approximate surface area is 124 Å². The molecule has 21 heavy (non-hydrogen) atoms. The summed E-state index contributed by atoms with van der Waals surface area (Å²) in [6.45, 7) is 0.679. The molecule has 114 valence electrons. The van der Waals surface area contributed by atoms with Gasteiger partial charge in [0.05, 0.1) is 13.2 Å². The Balaban J connectivity index is 1.96. The first-order chi connectivity index (χ1) is 10.2. The van der Waals surface area contributed by atoms with Crippen molar-refractivity contribution in [1.29, 1.82) is 0 Å². The molecule has 1 heterocycles. The van der Waals surface area contributed by atoms with Crippen LogP contribution in [0, 0.1) is 0 Å². The van der Waals surface area contributed by atoms with E-state index in [1.165, 1.54) is 0 Å². The Hall–Kier alpha value is -1.92. The minimum absolute atomic E-state index is 0.244. The fourth-order valence-corrected chi connectivity index (χ4v) is 2.03. The second-order valence-corrected chi connectivity index (χ2v) is 4.82. The molecule has 0 aliphatic heterocycles. The summed E-state index contributed by atoms with van der Waals surface area (Å²) in [6.07, 6.45) is 2.21. The molecule has 0 fully saturated rings. The van der Waals surface area contributed by atoms with Gasteiger partial charge in [0.1, 0.15) is 5.75 Å². The number of nitrogens with two attached hydrogens (primary N) is 1. The Morgan fingerprint density at radius 3 is 2.95 bits per heavy atom. The number of aromatic nitrogens is 2. The van der Waals surface area contributed by atoms with E-state index in [2.05, 4.69) is 10.1 Å². The van der Waals surface area contributed by atoms with E-state index in [1.54, 1.807) is 14.2 Å². The highest BCUT2D eigenvalue weighted by Crippen LogP contribution is 2.17. The third kappa shape index (κ3) is 4.54. The van der Waals surface area contributed by atoms with Gasteiger partial charge in [-0.1, -0.05) is 17.3 Å². The Kier molecular flexibility index (Phi) is 5.71. The number of benzene rings is 1. The molecule has 0 saturated carbocycles. The number of methoxy groups -OCH3 is 2. The summed E-state index contributed by atoms with van der Waals surface area (Å²) >= 11 is 0. The lowest BCUT2D eigenvalue weighted by Crippen LogP contribution is -2.11. The molecule has 1 aromatic heterocycles. The molecule has 1 atom stereocenters. The monoisotopic (exact) mass is 291 g/mol. The van der Waals surface area contributed by atoms with Crippen molar-refractivity contribution in [3.63, 3.8) is 0 Å². The normalized spacial score (nSPS) is 12.3. The van der Waals surface area contributed by atoms with Crippen LogP contribution >= 0.6 is 0 Å². The van der Waals surface area contributed by atoms with Gasteiger partial charge in [0.25, 0.3) is 0 Å². The summed E-state index contributed by atoms with van der Waals surface area (Å²) < 4.78 is 15.4. The highest BCUT2D eigenvalue weighted by atomic mass is 16.5. The molecule has 1 aromatic carbocycles. The van der Waals surface area contributed by atoms with Gasteiger partial charge in [-0.15, -0.1) is 0 Å². The van der Waals surface area contributed by atoms with E-state index < -0.39 is 0 Å². The van der Waals surface area contributed by atoms with Crippen LogP contribution < -0.4 is 10.5 Å². The number of ether oxygens (including phenoxy) is 2. The minimum Gasteiger partial charge on any atom is -0.497 e. The third-order valence-electron chi connectivity index (χ3n) is 3.16. The van der Waals surface area contributed by atoms with Crippen molar-refractivity contribution in [2.45, 2.75) is 25.3 Å². The van der Waals surface area contributed by atoms with E-state index in [0.29, 0.717) is 24.7 Å². The largest absolute Gasteiger partial charge is 0.497 e. The van der Waals surface area contributed by atoms with E-state index in [-0.39, 0.29) is 6.04 Å². The lowest BCUT2D eigenvalue weighted by molar-refractivity contribution is 0.188. The molecule has 6 nitrogen and oxygen atoms in total. The Morgan fingerprint density at radius 1 is 1.33 bits per heavy atom. The van der Waals surface area contributed by atoms with Crippen molar-refractivity contribution < 1.29 is 14.0 Å². The molecule has 0 bridgehead atoms. The molecule has 2 N–H and O–H groups in total. The smallest absolute Gasteiger partial charge is 0.243 e. The van der Waals surface area contributed by atoms with Crippen LogP contribution in [0.2, 0.25) is 0 Å². The summed E-state index contributed by atoms with van der Waals surface area (Å²) in [4.78, 5) is 4.36. The van der Waals surface area contributed by atoms with Gasteiger partial charge in [-0.05, 0) is 30.5 Å². The minimum atomic E-state index is -0.244. The highest BCUT2D eigenvalue weighted by molar-refractivity contribution is 5.30. The summed E-state index contributed by atoms with van der Waals surface area (Å²) in [5.74, 6) is 1.91. The summed E-state index contributed by atoms with van der Waals surface area (Å²) in [5, 5.41) is 3.98. The van der Waals surface area contributed by atoms with Crippen molar-refractivity contribution in [2.75, 3.05) is 20.8 Å². The highest BCUT2D eigenvalue weighted by Gasteiger charge is 2.14. The van der Waals surface area contributed by atoms with Crippen LogP contribution in [0.5, 0.6) is 5.75 Å². The molecule has 0 saturated heterocycles. The molecule has 0 aliphatic carbocycles. The van der Waals surface area contributed by atoms with Crippen molar-refractivity contribution in [3.8, 4) is 5.75 Å². The van der Waals surface area contributed by atoms with E-state index in [4.69, 9.17) is 19.7 Å². The Morgan fingerprint density at radius 2 is 2.19 bits per heavy atom. The zero-order valence-corrected chi connectivity index (χ0v) is 12.4. The summed E-state index contributed by atoms with van der Waals surface area (Å²) in [6, 6.07) is 7.54. The van der Waals surface area contributed by atoms with Gasteiger partial charge in [-0.3, -0.25) is 0 Å². The predicted molar refractivity (Wildman–Crippen MR) is 78.1 cm³/mol. The lowest BCUT2D eigenvalue weighted by atomic mass is 10.1. The quantitative estimate of drug-likeness (QED) is 0.750. The van der Waals surface area contributed by atoms with Crippen LogP contribution in [0.3, 0.4) is 0 Å². The zero-order chi connectivity index (χ0) is 15.1. The first kappa shape index (κ1) is 15.5. The van der Waals surface area contributed by atoms with Gasteiger partial charge >= 0.3 is 0 Å². The molecule has 0 radical (unpaired) electrons. The molecule has 6 heteroatoms. The summed E-state index contributed by atoms with van der Waals surface area (Å²) in [7, 11) is 3.31. The number of nitrogens with zero attached hydrogens (tertiary/aromatic N) is 2. The van der Waals surface area contributed by atoms with E-state index in [1.807, 2.05) is 24.3 Å². The van der Waals surface area contributed by atoms with Crippen molar-refractivity contribution >= 4 is 0 Å². The van der Waals surface area contributed by atoms with Gasteiger partial charge in [0.15, 0.2) is 5.82 Å². The maximum Gasteiger partial charge on any atom is 0.243 e. The van der Waals surface area contributed by atoms with Crippen LogP contribution in [-0.4, -0.2) is 31.0 Å². The number of rotatable bonds is 8. The molecule has 0 amide bonds. The Bertz CT molecular complexity index is 557. The SMILES string of the molecule is COCCCC(N)c1nc(Cc2cccc(OC)c2)no1. The van der Waals surface area contributed by atoms with E-state index in [9.17, 15) is 0 Å². The van der Waals surface area contributed by atoms with Gasteiger partial charge < -0.3 is 19.7 Å². The van der Waals surface area contributed by atoms with Crippen LogP contribution in [0.15, 0.2) is 28.8 Å². The third-order valence-corrected chi connectivity index (χ3v) is 3.16. The van der Waals surface area contributed by atoms with Crippen molar-refractivity contribution in [3.05, 3.63) is 41.5 Å².